The lowest BCUT2D eigenvalue weighted by Crippen LogP contribution is -2.64. The number of hydrogen-bond acceptors (Lipinski definition) is 8. The number of aldehydes is 1. The van der Waals surface area contributed by atoms with Crippen LogP contribution in [0.5, 0.6) is 0 Å². The fraction of sp³-hybridized carbons (Fsp3) is 0.583. The minimum absolute atomic E-state index is 0.0870. The minimum Gasteiger partial charge on any atom is -0.469 e. The molecule has 1 fully saturated rings. The number of esters is 1. The maximum absolute atomic E-state index is 13.9. The third kappa shape index (κ3) is 9.50. The Morgan fingerprint density at radius 1 is 0.848 bits per heavy atom. The summed E-state index contributed by atoms with van der Waals surface area (Å²) in [4.78, 5) is 40.7. The predicted octanol–water partition coefficient (Wildman–Crippen LogP) is 6.56. The zero-order chi connectivity index (χ0) is 34.2. The van der Waals surface area contributed by atoms with Crippen LogP contribution in [0.2, 0.25) is 18.1 Å². The number of methoxy groups -OCH3 is 1. The van der Waals surface area contributed by atoms with Crippen molar-refractivity contribution in [1.82, 2.24) is 5.32 Å². The van der Waals surface area contributed by atoms with E-state index in [0.29, 0.717) is 13.2 Å². The molecule has 0 saturated heterocycles. The van der Waals surface area contributed by atoms with Gasteiger partial charge in [0, 0.05) is 11.8 Å². The van der Waals surface area contributed by atoms with Crippen molar-refractivity contribution in [2.45, 2.75) is 84.0 Å². The Labute approximate surface area is 275 Å². The molecule has 0 spiro atoms. The molecule has 1 aliphatic rings. The maximum atomic E-state index is 13.9. The van der Waals surface area contributed by atoms with Crippen molar-refractivity contribution >= 4 is 26.7 Å². The normalized spacial score (nSPS) is 23.5. The summed E-state index contributed by atoms with van der Waals surface area (Å²) in [5, 5.41) is 2.83. The van der Waals surface area contributed by atoms with Gasteiger partial charge in [-0.2, -0.15) is 0 Å². The highest BCUT2D eigenvalue weighted by Gasteiger charge is 2.65. The fourth-order valence-electron chi connectivity index (χ4n) is 5.83. The molecule has 0 aliphatic heterocycles. The van der Waals surface area contributed by atoms with Gasteiger partial charge in [-0.15, -0.1) is 0 Å². The molecule has 1 amide bonds. The average molecular weight is 656 g/mol. The zero-order valence-corrected chi connectivity index (χ0v) is 30.0. The lowest BCUT2D eigenvalue weighted by atomic mass is 9.79. The van der Waals surface area contributed by atoms with Crippen LogP contribution < -0.4 is 5.32 Å². The second-order valence-electron chi connectivity index (χ2n) is 14.7. The molecule has 0 radical (unpaired) electrons. The number of amides is 1. The van der Waals surface area contributed by atoms with Crippen LogP contribution in [-0.2, 0) is 46.2 Å². The fourth-order valence-corrected chi connectivity index (χ4v) is 6.87. The molecule has 0 unspecified atom stereocenters. The predicted molar refractivity (Wildman–Crippen MR) is 179 cm³/mol. The molecule has 3 rings (SSSR count). The summed E-state index contributed by atoms with van der Waals surface area (Å²) < 4.78 is 30.3. The van der Waals surface area contributed by atoms with E-state index in [0.717, 1.165) is 17.4 Å². The van der Waals surface area contributed by atoms with Crippen LogP contribution in [0.1, 0.15) is 52.7 Å². The number of alkyl carbamates (subject to hydrolysis) is 1. The van der Waals surface area contributed by atoms with Crippen molar-refractivity contribution in [2.24, 2.45) is 23.7 Å². The van der Waals surface area contributed by atoms with Gasteiger partial charge in [0.1, 0.15) is 11.9 Å². The van der Waals surface area contributed by atoms with Crippen molar-refractivity contribution in [3.63, 3.8) is 0 Å². The molecule has 0 aromatic heterocycles. The summed E-state index contributed by atoms with van der Waals surface area (Å²) in [6.07, 6.45) is 0.0673. The van der Waals surface area contributed by atoms with Gasteiger partial charge in [-0.3, -0.25) is 4.79 Å². The topological polar surface area (TPSA) is 109 Å². The Balaban J connectivity index is 2.09. The molecule has 10 heteroatoms. The van der Waals surface area contributed by atoms with E-state index in [-0.39, 0.29) is 24.9 Å². The highest BCUT2D eigenvalue weighted by atomic mass is 28.4. The molecule has 1 saturated carbocycles. The standard InChI is InChI=1S/C36H53NO8Si/c1-34(2,3)45-33(40)37-36(25-44-46(8,9)35(4,5)6)30(20-38)28(23-42-21-26-16-12-10-13-17-26)29(31(36)32(39)41-7)24-43-22-27-18-14-11-15-19-27/h10-20,28-31H,21-25H2,1-9H3,(H,37,40)/t28-,29-,30+,31+,36-/m1/s1. The van der Waals surface area contributed by atoms with Crippen molar-refractivity contribution < 1.29 is 37.8 Å². The van der Waals surface area contributed by atoms with Gasteiger partial charge in [-0.05, 0) is 55.9 Å². The van der Waals surface area contributed by atoms with Crippen LogP contribution in [0, 0.1) is 23.7 Å². The van der Waals surface area contributed by atoms with E-state index in [1.54, 1.807) is 20.8 Å². The summed E-state index contributed by atoms with van der Waals surface area (Å²) in [5.74, 6) is -3.51. The van der Waals surface area contributed by atoms with Gasteiger partial charge in [-0.1, -0.05) is 81.4 Å². The molecule has 46 heavy (non-hydrogen) atoms. The Morgan fingerprint density at radius 2 is 1.35 bits per heavy atom. The summed E-state index contributed by atoms with van der Waals surface area (Å²) in [6, 6.07) is 19.4. The molecule has 254 valence electrons. The van der Waals surface area contributed by atoms with Crippen LogP contribution in [0.25, 0.3) is 0 Å². The van der Waals surface area contributed by atoms with Gasteiger partial charge in [0.05, 0.1) is 51.6 Å². The van der Waals surface area contributed by atoms with Gasteiger partial charge in [0.25, 0.3) is 0 Å². The first-order chi connectivity index (χ1) is 21.5. The molecule has 5 atom stereocenters. The van der Waals surface area contributed by atoms with E-state index >= 15 is 0 Å². The summed E-state index contributed by atoms with van der Waals surface area (Å²) in [7, 11) is -1.13. The van der Waals surface area contributed by atoms with Crippen LogP contribution in [0.4, 0.5) is 4.79 Å². The smallest absolute Gasteiger partial charge is 0.408 e. The third-order valence-corrected chi connectivity index (χ3v) is 13.7. The van der Waals surface area contributed by atoms with Crippen LogP contribution in [0.3, 0.4) is 0 Å². The number of carbonyl (C=O) groups excluding carboxylic acids is 3. The second kappa shape index (κ2) is 15.7. The number of benzene rings is 2. The molecule has 9 nitrogen and oxygen atoms in total. The van der Waals surface area contributed by atoms with Crippen molar-refractivity contribution in [2.75, 3.05) is 26.9 Å². The molecule has 1 N–H and O–H groups in total. The van der Waals surface area contributed by atoms with E-state index in [9.17, 15) is 14.4 Å². The highest BCUT2D eigenvalue weighted by Crippen LogP contribution is 2.51. The SMILES string of the molecule is COC(=O)[C@@H]1[C@H](COCc2ccccc2)[C@@H](COCc2ccccc2)[C@H](C=O)[C@@]1(CO[Si](C)(C)C(C)(C)C)NC(=O)OC(C)(C)C. The Kier molecular flexibility index (Phi) is 12.8. The first-order valence-corrected chi connectivity index (χ1v) is 18.9. The number of hydrogen-bond donors (Lipinski definition) is 1. The highest BCUT2D eigenvalue weighted by molar-refractivity contribution is 6.74. The van der Waals surface area contributed by atoms with E-state index in [2.05, 4.69) is 39.2 Å². The number of nitrogens with one attached hydrogen (secondary N) is 1. The molecule has 2 aromatic carbocycles. The molecular formula is C36H53NO8Si. The van der Waals surface area contributed by atoms with E-state index in [4.69, 9.17) is 23.4 Å². The quantitative estimate of drug-likeness (QED) is 0.139. The van der Waals surface area contributed by atoms with Crippen LogP contribution >= 0.6 is 0 Å². The lowest BCUT2D eigenvalue weighted by molar-refractivity contribution is -0.152. The lowest BCUT2D eigenvalue weighted by Gasteiger charge is -2.44. The molecule has 1 aliphatic carbocycles. The van der Waals surface area contributed by atoms with Gasteiger partial charge in [-0.25, -0.2) is 4.79 Å². The molecule has 0 bridgehead atoms. The van der Waals surface area contributed by atoms with E-state index < -0.39 is 55.2 Å². The van der Waals surface area contributed by atoms with Crippen molar-refractivity contribution in [1.29, 1.82) is 0 Å². The molecule has 0 heterocycles. The summed E-state index contributed by atoms with van der Waals surface area (Å²) >= 11 is 0. The first-order valence-electron chi connectivity index (χ1n) is 16.0. The molecular weight excluding hydrogens is 602 g/mol. The van der Waals surface area contributed by atoms with Crippen LogP contribution in [0.15, 0.2) is 60.7 Å². The summed E-state index contributed by atoms with van der Waals surface area (Å²) in [6.45, 7) is 16.6. The minimum atomic E-state index is -2.44. The monoisotopic (exact) mass is 655 g/mol. The molecule has 2 aromatic rings. The average Bonchev–Trinajstić information content (AvgIpc) is 3.23. The maximum Gasteiger partial charge on any atom is 0.408 e. The Hall–Kier alpha value is -3.05. The van der Waals surface area contributed by atoms with E-state index in [1.807, 2.05) is 60.7 Å². The van der Waals surface area contributed by atoms with Crippen molar-refractivity contribution in [3.8, 4) is 0 Å². The first kappa shape index (κ1) is 37.4. The van der Waals surface area contributed by atoms with Gasteiger partial charge in [0.15, 0.2) is 8.32 Å². The largest absolute Gasteiger partial charge is 0.469 e. The van der Waals surface area contributed by atoms with Gasteiger partial charge >= 0.3 is 12.1 Å². The second-order valence-corrected chi connectivity index (χ2v) is 19.5. The van der Waals surface area contributed by atoms with Crippen molar-refractivity contribution in [3.05, 3.63) is 71.8 Å². The van der Waals surface area contributed by atoms with Crippen LogP contribution in [-0.4, -0.2) is 64.7 Å². The number of rotatable bonds is 14. The third-order valence-electron chi connectivity index (χ3n) is 9.25. The van der Waals surface area contributed by atoms with Gasteiger partial charge < -0.3 is 33.5 Å². The number of carbonyl (C=O) groups is 3. The Morgan fingerprint density at radius 3 is 1.78 bits per heavy atom. The number of ether oxygens (including phenoxy) is 4. The summed E-state index contributed by atoms with van der Waals surface area (Å²) in [5.41, 5.74) is -0.367. The van der Waals surface area contributed by atoms with E-state index in [1.165, 1.54) is 7.11 Å². The Bertz CT molecular complexity index is 1270. The van der Waals surface area contributed by atoms with Gasteiger partial charge in [0.2, 0.25) is 0 Å². The zero-order valence-electron chi connectivity index (χ0n) is 29.0.